The molecule has 0 saturated heterocycles. The van der Waals surface area contributed by atoms with E-state index in [0.29, 0.717) is 52.4 Å². The van der Waals surface area contributed by atoms with Crippen LogP contribution in [0.4, 0.5) is 0 Å². The second-order valence-corrected chi connectivity index (χ2v) is 7.83. The van der Waals surface area contributed by atoms with E-state index in [0.717, 1.165) is 0 Å². The summed E-state index contributed by atoms with van der Waals surface area (Å²) < 4.78 is 22.4. The third-order valence-corrected chi connectivity index (χ3v) is 5.66. The predicted molar refractivity (Wildman–Crippen MR) is 120 cm³/mol. The lowest BCUT2D eigenvalue weighted by Crippen LogP contribution is -2.35. The van der Waals surface area contributed by atoms with E-state index in [9.17, 15) is 9.59 Å². The maximum Gasteiger partial charge on any atom is 0.290 e. The van der Waals surface area contributed by atoms with Crippen molar-refractivity contribution in [2.45, 2.75) is 6.04 Å². The SMILES string of the molecule is COc1cc(C2c3c(oc4ccccc4c3=O)C(=O)N2CCN(C)C)cc(OC)c1OC. The molecule has 0 bridgehead atoms. The Balaban J connectivity index is 1.98. The Kier molecular flexibility index (Phi) is 5.80. The van der Waals surface area contributed by atoms with Gasteiger partial charge in [-0.05, 0) is 43.9 Å². The first-order valence-electron chi connectivity index (χ1n) is 10.2. The van der Waals surface area contributed by atoms with Gasteiger partial charge >= 0.3 is 0 Å². The van der Waals surface area contributed by atoms with Crippen molar-refractivity contribution >= 4 is 16.9 Å². The van der Waals surface area contributed by atoms with E-state index in [1.807, 2.05) is 19.0 Å². The van der Waals surface area contributed by atoms with Crippen LogP contribution in [0.5, 0.6) is 17.2 Å². The summed E-state index contributed by atoms with van der Waals surface area (Å²) in [5.74, 6) is 1.09. The van der Waals surface area contributed by atoms with Gasteiger partial charge in [-0.25, -0.2) is 0 Å². The van der Waals surface area contributed by atoms with Crippen LogP contribution in [0.15, 0.2) is 45.6 Å². The van der Waals surface area contributed by atoms with E-state index in [1.54, 1.807) is 41.3 Å². The molecule has 0 radical (unpaired) electrons. The van der Waals surface area contributed by atoms with Gasteiger partial charge in [0.05, 0.1) is 38.3 Å². The van der Waals surface area contributed by atoms with Gasteiger partial charge in [-0.1, -0.05) is 12.1 Å². The molecule has 8 heteroatoms. The van der Waals surface area contributed by atoms with E-state index < -0.39 is 6.04 Å². The summed E-state index contributed by atoms with van der Waals surface area (Å²) in [6.45, 7) is 1.03. The highest BCUT2D eigenvalue weighted by molar-refractivity contribution is 5.99. The molecule has 168 valence electrons. The Morgan fingerprint density at radius 1 is 1.00 bits per heavy atom. The summed E-state index contributed by atoms with van der Waals surface area (Å²) in [5.41, 5.74) is 1.17. The summed E-state index contributed by atoms with van der Waals surface area (Å²) in [6, 6.07) is 9.85. The molecule has 1 aliphatic heterocycles. The third-order valence-electron chi connectivity index (χ3n) is 5.66. The molecular formula is C24H26N2O6. The Morgan fingerprint density at radius 3 is 2.25 bits per heavy atom. The van der Waals surface area contributed by atoms with Crippen LogP contribution in [0.3, 0.4) is 0 Å². The highest BCUT2D eigenvalue weighted by Gasteiger charge is 2.43. The fourth-order valence-electron chi connectivity index (χ4n) is 4.11. The lowest BCUT2D eigenvalue weighted by Gasteiger charge is -2.27. The number of benzene rings is 2. The van der Waals surface area contributed by atoms with Gasteiger partial charge < -0.3 is 28.4 Å². The molecule has 4 rings (SSSR count). The molecule has 0 N–H and O–H groups in total. The van der Waals surface area contributed by atoms with Gasteiger partial charge in [0.2, 0.25) is 11.5 Å². The molecule has 0 fully saturated rings. The molecule has 0 saturated carbocycles. The zero-order valence-corrected chi connectivity index (χ0v) is 18.8. The lowest BCUT2D eigenvalue weighted by atomic mass is 9.97. The normalized spacial score (nSPS) is 15.4. The van der Waals surface area contributed by atoms with Crippen LogP contribution in [0.25, 0.3) is 11.0 Å². The van der Waals surface area contributed by atoms with Crippen LogP contribution in [0.2, 0.25) is 0 Å². The molecule has 0 aliphatic carbocycles. The van der Waals surface area contributed by atoms with Gasteiger partial charge in [-0.3, -0.25) is 9.59 Å². The minimum Gasteiger partial charge on any atom is -0.493 e. The maximum absolute atomic E-state index is 13.5. The molecule has 1 unspecified atom stereocenters. The zero-order valence-electron chi connectivity index (χ0n) is 18.8. The number of nitrogens with zero attached hydrogens (tertiary/aromatic N) is 2. The van der Waals surface area contributed by atoms with Crippen molar-refractivity contribution in [3.8, 4) is 17.2 Å². The summed E-state index contributed by atoms with van der Waals surface area (Å²) in [6.07, 6.45) is 0. The number of carbonyl (C=O) groups is 1. The number of para-hydroxylation sites is 1. The van der Waals surface area contributed by atoms with Crippen LogP contribution in [0, 0.1) is 0 Å². The van der Waals surface area contributed by atoms with Crippen LogP contribution >= 0.6 is 0 Å². The molecule has 1 aromatic heterocycles. The Morgan fingerprint density at radius 2 is 1.66 bits per heavy atom. The van der Waals surface area contributed by atoms with E-state index in [-0.39, 0.29) is 17.1 Å². The van der Waals surface area contributed by atoms with E-state index in [2.05, 4.69) is 0 Å². The van der Waals surface area contributed by atoms with Crippen molar-refractivity contribution in [2.24, 2.45) is 0 Å². The summed E-state index contributed by atoms with van der Waals surface area (Å²) >= 11 is 0. The number of ether oxygens (including phenoxy) is 3. The highest BCUT2D eigenvalue weighted by Crippen LogP contribution is 2.44. The summed E-state index contributed by atoms with van der Waals surface area (Å²) in [4.78, 5) is 30.6. The molecule has 3 aromatic rings. The summed E-state index contributed by atoms with van der Waals surface area (Å²) in [7, 11) is 8.44. The molecule has 0 spiro atoms. The number of amides is 1. The molecule has 2 aromatic carbocycles. The average Bonchev–Trinajstić information content (AvgIpc) is 3.08. The Labute approximate surface area is 185 Å². The molecule has 1 atom stereocenters. The molecule has 8 nitrogen and oxygen atoms in total. The third kappa shape index (κ3) is 3.46. The minimum absolute atomic E-state index is 0.0752. The van der Waals surface area contributed by atoms with Gasteiger partial charge in [0.15, 0.2) is 16.9 Å². The van der Waals surface area contributed by atoms with Gasteiger partial charge in [0.25, 0.3) is 5.91 Å². The van der Waals surface area contributed by atoms with Crippen molar-refractivity contribution in [1.82, 2.24) is 9.80 Å². The monoisotopic (exact) mass is 438 g/mol. The molecule has 1 aliphatic rings. The molecule has 2 heterocycles. The molecule has 32 heavy (non-hydrogen) atoms. The van der Waals surface area contributed by atoms with Crippen LogP contribution in [0.1, 0.15) is 27.7 Å². The first-order chi connectivity index (χ1) is 15.4. The first-order valence-corrected chi connectivity index (χ1v) is 10.2. The minimum atomic E-state index is -0.646. The number of likely N-dealkylation sites (N-methyl/N-ethyl adjacent to an activating group) is 1. The number of fused-ring (bicyclic) bond motifs is 2. The van der Waals surface area contributed by atoms with Gasteiger partial charge in [0.1, 0.15) is 5.58 Å². The van der Waals surface area contributed by atoms with E-state index >= 15 is 0 Å². The fourth-order valence-corrected chi connectivity index (χ4v) is 4.11. The second kappa shape index (κ2) is 8.55. The van der Waals surface area contributed by atoms with Crippen LogP contribution in [-0.2, 0) is 0 Å². The fraction of sp³-hybridized carbons (Fsp3) is 0.333. The van der Waals surface area contributed by atoms with Crippen molar-refractivity contribution in [3.63, 3.8) is 0 Å². The number of rotatable bonds is 7. The van der Waals surface area contributed by atoms with Crippen molar-refractivity contribution < 1.29 is 23.4 Å². The molecular weight excluding hydrogens is 412 g/mol. The van der Waals surface area contributed by atoms with E-state index in [4.69, 9.17) is 18.6 Å². The van der Waals surface area contributed by atoms with Crippen LogP contribution < -0.4 is 19.6 Å². The van der Waals surface area contributed by atoms with Gasteiger partial charge in [0, 0.05) is 13.1 Å². The summed E-state index contributed by atoms with van der Waals surface area (Å²) in [5, 5.41) is 0.436. The number of hydrogen-bond acceptors (Lipinski definition) is 7. The first kappa shape index (κ1) is 21.7. The van der Waals surface area contributed by atoms with Crippen molar-refractivity contribution in [1.29, 1.82) is 0 Å². The quantitative estimate of drug-likeness (QED) is 0.561. The Bertz CT molecular complexity index is 1210. The van der Waals surface area contributed by atoms with Gasteiger partial charge in [-0.2, -0.15) is 0 Å². The zero-order chi connectivity index (χ0) is 23.0. The maximum atomic E-state index is 13.5. The topological polar surface area (TPSA) is 81.5 Å². The van der Waals surface area contributed by atoms with Crippen LogP contribution in [-0.4, -0.2) is 64.2 Å². The lowest BCUT2D eigenvalue weighted by molar-refractivity contribution is 0.0716. The largest absolute Gasteiger partial charge is 0.493 e. The Hall–Kier alpha value is -3.52. The molecule has 1 amide bonds. The van der Waals surface area contributed by atoms with Gasteiger partial charge in [-0.15, -0.1) is 0 Å². The van der Waals surface area contributed by atoms with Crippen molar-refractivity contribution in [3.05, 3.63) is 63.5 Å². The predicted octanol–water partition coefficient (Wildman–Crippen LogP) is 2.93. The number of methoxy groups -OCH3 is 3. The second-order valence-electron chi connectivity index (χ2n) is 7.83. The van der Waals surface area contributed by atoms with E-state index in [1.165, 1.54) is 21.3 Å². The number of hydrogen-bond donors (Lipinski definition) is 0. The standard InChI is InChI=1S/C24H26N2O6/c1-25(2)10-11-26-20(14-12-17(29-3)22(31-5)18(13-14)30-4)19-21(27)15-8-6-7-9-16(15)32-23(19)24(26)28/h6-9,12-13,20H,10-11H2,1-5H3. The smallest absolute Gasteiger partial charge is 0.290 e. The highest BCUT2D eigenvalue weighted by atomic mass is 16.5. The average molecular weight is 438 g/mol. The van der Waals surface area contributed by atoms with Crippen molar-refractivity contribution in [2.75, 3.05) is 48.5 Å². The number of carbonyl (C=O) groups excluding carboxylic acids is 1.